The molecule has 0 heterocycles. The number of likely N-dealkylation sites (N-methyl/N-ethyl adjacent to an activating group) is 1. The minimum atomic E-state index is -0.0347. The highest BCUT2D eigenvalue weighted by Gasteiger charge is 2.27. The second-order valence-corrected chi connectivity index (χ2v) is 4.65. The first-order chi connectivity index (χ1) is 8.60. The molecule has 5 heteroatoms. The van der Waals surface area contributed by atoms with Crippen molar-refractivity contribution in [3.8, 4) is 5.75 Å². The Bertz CT molecular complexity index is 444. The van der Waals surface area contributed by atoms with Crippen LogP contribution in [0.3, 0.4) is 0 Å². The van der Waals surface area contributed by atoms with Gasteiger partial charge < -0.3 is 15.8 Å². The molecule has 1 aliphatic rings. The number of carbonyl (C=O) groups excluding carboxylic acids is 1. The highest BCUT2D eigenvalue weighted by atomic mass is 16.5. The fourth-order valence-corrected chi connectivity index (χ4v) is 1.87. The highest BCUT2D eigenvalue weighted by molar-refractivity contribution is 5.94. The Hall–Kier alpha value is -1.75. The lowest BCUT2D eigenvalue weighted by Crippen LogP contribution is -2.31. The minimum Gasteiger partial charge on any atom is -0.494 e. The molecule has 0 saturated heterocycles. The Labute approximate surface area is 107 Å². The molecule has 3 N–H and O–H groups in total. The average Bonchev–Trinajstić information content (AvgIpc) is 3.15. The van der Waals surface area contributed by atoms with Gasteiger partial charge in [-0.25, -0.2) is 0 Å². The number of nitrogens with two attached hydrogens (primary N) is 1. The molecule has 5 nitrogen and oxygen atoms in total. The fraction of sp³-hybridized carbons (Fsp3) is 0.462. The zero-order valence-electron chi connectivity index (χ0n) is 10.8. The molecular formula is C13H19N3O2. The largest absolute Gasteiger partial charge is 0.494 e. The molecule has 0 aliphatic heterocycles. The number of amides is 1. The zero-order valence-corrected chi connectivity index (χ0v) is 10.8. The molecule has 1 fully saturated rings. The number of carbonyl (C=O) groups is 1. The van der Waals surface area contributed by atoms with Crippen molar-refractivity contribution in [1.29, 1.82) is 0 Å². The molecule has 0 bridgehead atoms. The zero-order chi connectivity index (χ0) is 13.1. The number of nitrogens with zero attached hydrogens (tertiary/aromatic N) is 1. The van der Waals surface area contributed by atoms with Crippen LogP contribution >= 0.6 is 0 Å². The molecule has 98 valence electrons. The van der Waals surface area contributed by atoms with Gasteiger partial charge in [0.2, 0.25) is 5.91 Å². The predicted molar refractivity (Wildman–Crippen MR) is 71.7 cm³/mol. The monoisotopic (exact) mass is 249 g/mol. The Kier molecular flexibility index (Phi) is 3.72. The number of hydrogen-bond acceptors (Lipinski definition) is 4. The number of hydrogen-bond donors (Lipinski definition) is 2. The van der Waals surface area contributed by atoms with Crippen molar-refractivity contribution in [2.24, 2.45) is 0 Å². The predicted octanol–water partition coefficient (Wildman–Crippen LogP) is 1.31. The normalized spacial score (nSPS) is 14.6. The van der Waals surface area contributed by atoms with E-state index in [2.05, 4.69) is 10.2 Å². The van der Waals surface area contributed by atoms with Gasteiger partial charge in [-0.15, -0.1) is 0 Å². The third-order valence-corrected chi connectivity index (χ3v) is 3.06. The third-order valence-electron chi connectivity index (χ3n) is 3.06. The van der Waals surface area contributed by atoms with E-state index in [0.29, 0.717) is 29.7 Å². The van der Waals surface area contributed by atoms with Crippen LogP contribution in [0.1, 0.15) is 12.8 Å². The lowest BCUT2D eigenvalue weighted by atomic mass is 10.2. The van der Waals surface area contributed by atoms with Crippen LogP contribution in [0.4, 0.5) is 11.4 Å². The highest BCUT2D eigenvalue weighted by Crippen LogP contribution is 2.27. The van der Waals surface area contributed by atoms with Crippen molar-refractivity contribution < 1.29 is 9.53 Å². The van der Waals surface area contributed by atoms with Crippen LogP contribution in [0.25, 0.3) is 0 Å². The van der Waals surface area contributed by atoms with Crippen LogP contribution in [0.15, 0.2) is 18.2 Å². The van der Waals surface area contributed by atoms with E-state index in [1.165, 1.54) is 12.8 Å². The van der Waals surface area contributed by atoms with Crippen molar-refractivity contribution in [3.63, 3.8) is 0 Å². The molecule has 1 saturated carbocycles. The van der Waals surface area contributed by atoms with Crippen LogP contribution in [-0.2, 0) is 4.79 Å². The summed E-state index contributed by atoms with van der Waals surface area (Å²) in [6.45, 7) is 0.401. The standard InChI is InChI=1S/C13H19N3O2/c1-16(10-4-5-10)8-13(17)15-11-6-3-9(14)7-12(11)18-2/h3,6-7,10H,4-5,8,14H2,1-2H3,(H,15,17). The van der Waals surface area contributed by atoms with Crippen molar-refractivity contribution in [3.05, 3.63) is 18.2 Å². The summed E-state index contributed by atoms with van der Waals surface area (Å²) >= 11 is 0. The molecule has 1 aromatic rings. The number of ether oxygens (including phenoxy) is 1. The Morgan fingerprint density at radius 2 is 2.28 bits per heavy atom. The van der Waals surface area contributed by atoms with Gasteiger partial charge in [0.25, 0.3) is 0 Å². The van der Waals surface area contributed by atoms with Gasteiger partial charge in [0, 0.05) is 17.8 Å². The van der Waals surface area contributed by atoms with Gasteiger partial charge in [-0.05, 0) is 32.0 Å². The molecule has 18 heavy (non-hydrogen) atoms. The van der Waals surface area contributed by atoms with Crippen LogP contribution in [0.2, 0.25) is 0 Å². The lowest BCUT2D eigenvalue weighted by molar-refractivity contribution is -0.117. The number of anilines is 2. The maximum Gasteiger partial charge on any atom is 0.238 e. The van der Waals surface area contributed by atoms with Gasteiger partial charge >= 0.3 is 0 Å². The molecule has 1 amide bonds. The smallest absolute Gasteiger partial charge is 0.238 e. The lowest BCUT2D eigenvalue weighted by Gasteiger charge is -2.16. The van der Waals surface area contributed by atoms with E-state index in [4.69, 9.17) is 10.5 Å². The molecule has 2 rings (SSSR count). The topological polar surface area (TPSA) is 67.6 Å². The van der Waals surface area contributed by atoms with Gasteiger partial charge in [0.15, 0.2) is 0 Å². The Morgan fingerprint density at radius 1 is 1.56 bits per heavy atom. The maximum absolute atomic E-state index is 11.9. The molecule has 0 unspecified atom stereocenters. The van der Waals surface area contributed by atoms with Crippen molar-refractivity contribution in [1.82, 2.24) is 4.90 Å². The first kappa shape index (κ1) is 12.7. The van der Waals surface area contributed by atoms with Crippen LogP contribution in [0, 0.1) is 0 Å². The van der Waals surface area contributed by atoms with E-state index in [-0.39, 0.29) is 5.91 Å². The van der Waals surface area contributed by atoms with Crippen LogP contribution in [0.5, 0.6) is 5.75 Å². The van der Waals surface area contributed by atoms with E-state index >= 15 is 0 Å². The Morgan fingerprint density at radius 3 is 2.89 bits per heavy atom. The van der Waals surface area contributed by atoms with Crippen LogP contribution in [-0.4, -0.2) is 37.6 Å². The third kappa shape index (κ3) is 3.13. The maximum atomic E-state index is 11.9. The first-order valence-corrected chi connectivity index (χ1v) is 6.03. The van der Waals surface area contributed by atoms with E-state index < -0.39 is 0 Å². The molecule has 0 radical (unpaired) electrons. The SMILES string of the molecule is COc1cc(N)ccc1NC(=O)CN(C)C1CC1. The second kappa shape index (κ2) is 5.27. The summed E-state index contributed by atoms with van der Waals surface area (Å²) in [5.41, 5.74) is 6.93. The number of rotatable bonds is 5. The number of benzene rings is 1. The molecule has 0 spiro atoms. The van der Waals surface area contributed by atoms with Gasteiger partial charge in [-0.1, -0.05) is 0 Å². The fourth-order valence-electron chi connectivity index (χ4n) is 1.87. The van der Waals surface area contributed by atoms with Gasteiger partial charge in [0.05, 0.1) is 19.3 Å². The summed E-state index contributed by atoms with van der Waals surface area (Å²) in [5, 5.41) is 2.84. The summed E-state index contributed by atoms with van der Waals surface area (Å²) in [4.78, 5) is 13.9. The number of nitrogen functional groups attached to an aromatic ring is 1. The molecular weight excluding hydrogens is 230 g/mol. The number of nitrogens with one attached hydrogen (secondary N) is 1. The summed E-state index contributed by atoms with van der Waals surface area (Å²) in [6.07, 6.45) is 2.38. The quantitative estimate of drug-likeness (QED) is 0.772. The number of methoxy groups -OCH3 is 1. The Balaban J connectivity index is 1.97. The minimum absolute atomic E-state index is 0.0347. The average molecular weight is 249 g/mol. The molecule has 0 aromatic heterocycles. The molecule has 1 aliphatic carbocycles. The summed E-state index contributed by atoms with van der Waals surface area (Å²) < 4.78 is 5.18. The van der Waals surface area contributed by atoms with Crippen molar-refractivity contribution >= 4 is 17.3 Å². The summed E-state index contributed by atoms with van der Waals surface area (Å²) in [7, 11) is 3.53. The molecule has 0 atom stereocenters. The van der Waals surface area contributed by atoms with Gasteiger partial charge in [-0.2, -0.15) is 0 Å². The van der Waals surface area contributed by atoms with Crippen molar-refractivity contribution in [2.45, 2.75) is 18.9 Å². The second-order valence-electron chi connectivity index (χ2n) is 4.65. The first-order valence-electron chi connectivity index (χ1n) is 6.03. The van der Waals surface area contributed by atoms with Crippen LogP contribution < -0.4 is 15.8 Å². The van der Waals surface area contributed by atoms with E-state index in [1.54, 1.807) is 25.3 Å². The van der Waals surface area contributed by atoms with E-state index in [1.807, 2.05) is 7.05 Å². The molecule has 1 aromatic carbocycles. The van der Waals surface area contributed by atoms with E-state index in [0.717, 1.165) is 0 Å². The van der Waals surface area contributed by atoms with Gasteiger partial charge in [-0.3, -0.25) is 9.69 Å². The summed E-state index contributed by atoms with van der Waals surface area (Å²) in [6, 6.07) is 5.76. The van der Waals surface area contributed by atoms with Crippen molar-refractivity contribution in [2.75, 3.05) is 31.8 Å². The summed E-state index contributed by atoms with van der Waals surface area (Å²) in [5.74, 6) is 0.546. The van der Waals surface area contributed by atoms with E-state index in [9.17, 15) is 4.79 Å². The van der Waals surface area contributed by atoms with Gasteiger partial charge in [0.1, 0.15) is 5.75 Å².